The smallest absolute Gasteiger partial charge is 0.373 e. The van der Waals surface area contributed by atoms with Crippen LogP contribution in [0.25, 0.3) is 0 Å². The van der Waals surface area contributed by atoms with Crippen molar-refractivity contribution in [1.29, 1.82) is 0 Å². The fourth-order valence-electron chi connectivity index (χ4n) is 3.11. The maximum Gasteiger partial charge on any atom is 0.411 e. The fourth-order valence-corrected chi connectivity index (χ4v) is 3.11. The minimum atomic E-state index is -4.34. The van der Waals surface area contributed by atoms with Crippen LogP contribution >= 0.6 is 0 Å². The molecular weight excluding hydrogens is 361 g/mol. The molecule has 0 aromatic heterocycles. The van der Waals surface area contributed by atoms with Crippen LogP contribution in [0.2, 0.25) is 0 Å². The van der Waals surface area contributed by atoms with E-state index in [0.717, 1.165) is 26.1 Å². The van der Waals surface area contributed by atoms with E-state index in [2.05, 4.69) is 28.8 Å². The van der Waals surface area contributed by atoms with E-state index in [1.165, 1.54) is 0 Å². The fraction of sp³-hybridized carbons (Fsp3) is 0.632. The van der Waals surface area contributed by atoms with Gasteiger partial charge in [0.1, 0.15) is 6.61 Å². The summed E-state index contributed by atoms with van der Waals surface area (Å²) in [6, 6.07) is 6.38. The first-order valence-corrected chi connectivity index (χ1v) is 9.12. The second-order valence-corrected chi connectivity index (χ2v) is 6.93. The molecule has 0 aliphatic carbocycles. The second kappa shape index (κ2) is 10.1. The summed E-state index contributed by atoms with van der Waals surface area (Å²) < 4.78 is 46.4. The molecule has 2 rings (SSSR count). The van der Waals surface area contributed by atoms with Crippen molar-refractivity contribution in [2.24, 2.45) is 0 Å². The predicted molar refractivity (Wildman–Crippen MR) is 95.6 cm³/mol. The van der Waals surface area contributed by atoms with Crippen LogP contribution in [0.15, 0.2) is 24.3 Å². The van der Waals surface area contributed by atoms with Gasteiger partial charge in [-0.3, -0.25) is 9.69 Å². The van der Waals surface area contributed by atoms with Crippen LogP contribution in [0.5, 0.6) is 0 Å². The number of amides is 1. The number of nitrogens with zero attached hydrogens (tertiary/aromatic N) is 1. The predicted octanol–water partition coefficient (Wildman–Crippen LogP) is 2.99. The molecule has 1 N–H and O–H groups in total. The molecule has 27 heavy (non-hydrogen) atoms. The van der Waals surface area contributed by atoms with Crippen molar-refractivity contribution in [3.63, 3.8) is 0 Å². The van der Waals surface area contributed by atoms with E-state index >= 15 is 0 Å². The van der Waals surface area contributed by atoms with Crippen molar-refractivity contribution in [1.82, 2.24) is 10.2 Å². The molecule has 0 spiro atoms. The summed E-state index contributed by atoms with van der Waals surface area (Å²) >= 11 is 0. The van der Waals surface area contributed by atoms with Gasteiger partial charge in [0, 0.05) is 31.7 Å². The van der Waals surface area contributed by atoms with Crippen molar-refractivity contribution in [3.05, 3.63) is 35.4 Å². The average molecular weight is 388 g/mol. The number of morpholine rings is 1. The Morgan fingerprint density at radius 1 is 1.22 bits per heavy atom. The first-order valence-electron chi connectivity index (χ1n) is 9.12. The average Bonchev–Trinajstić information content (AvgIpc) is 2.57. The van der Waals surface area contributed by atoms with E-state index in [0.29, 0.717) is 17.7 Å². The number of halogens is 3. The number of carbonyl (C=O) groups excluding carboxylic acids is 1. The van der Waals surface area contributed by atoms with Gasteiger partial charge in [-0.25, -0.2) is 0 Å². The molecule has 2 atom stereocenters. The van der Waals surface area contributed by atoms with Gasteiger partial charge in [0.05, 0.1) is 18.8 Å². The molecule has 152 valence electrons. The van der Waals surface area contributed by atoms with Crippen molar-refractivity contribution in [3.8, 4) is 0 Å². The molecular formula is C19H27F3N2O3. The molecule has 1 aliphatic heterocycles. The molecule has 1 aromatic rings. The van der Waals surface area contributed by atoms with E-state index in [-0.39, 0.29) is 24.7 Å². The summed E-state index contributed by atoms with van der Waals surface area (Å²) in [5.74, 6) is -0.193. The number of ether oxygens (including phenoxy) is 2. The molecule has 8 heteroatoms. The molecule has 2 unspecified atom stereocenters. The van der Waals surface area contributed by atoms with E-state index in [1.54, 1.807) is 24.3 Å². The lowest BCUT2D eigenvalue weighted by molar-refractivity contribution is -0.176. The number of hydrogen-bond donors (Lipinski definition) is 1. The van der Waals surface area contributed by atoms with Gasteiger partial charge >= 0.3 is 6.18 Å². The molecule has 5 nitrogen and oxygen atoms in total. The third-order valence-electron chi connectivity index (χ3n) is 4.18. The Labute approximate surface area is 157 Å². The Kier molecular flexibility index (Phi) is 8.07. The third kappa shape index (κ3) is 8.28. The van der Waals surface area contributed by atoms with Gasteiger partial charge in [0.25, 0.3) is 5.91 Å². The lowest BCUT2D eigenvalue weighted by atomic mass is 10.1. The SMILES string of the molecule is CC1CN(CCCNC(=O)c2ccc(COCC(F)(F)F)cc2)CC(C)O1. The summed E-state index contributed by atoms with van der Waals surface area (Å²) in [7, 11) is 0. The Bertz CT molecular complexity index is 583. The van der Waals surface area contributed by atoms with Gasteiger partial charge in [-0.2, -0.15) is 13.2 Å². The largest absolute Gasteiger partial charge is 0.411 e. The monoisotopic (exact) mass is 388 g/mol. The topological polar surface area (TPSA) is 50.8 Å². The molecule has 0 bridgehead atoms. The summed E-state index contributed by atoms with van der Waals surface area (Å²) in [5, 5.41) is 2.87. The molecule has 0 radical (unpaired) electrons. The number of rotatable bonds is 8. The lowest BCUT2D eigenvalue weighted by Gasteiger charge is -2.35. The molecule has 1 amide bonds. The minimum Gasteiger partial charge on any atom is -0.373 e. The van der Waals surface area contributed by atoms with Crippen LogP contribution in [0, 0.1) is 0 Å². The van der Waals surface area contributed by atoms with E-state index < -0.39 is 12.8 Å². The molecule has 1 aliphatic rings. The van der Waals surface area contributed by atoms with Gasteiger partial charge in [0.15, 0.2) is 0 Å². The van der Waals surface area contributed by atoms with E-state index in [4.69, 9.17) is 4.74 Å². The summed E-state index contributed by atoms with van der Waals surface area (Å²) in [5.41, 5.74) is 1.06. The van der Waals surface area contributed by atoms with Crippen LogP contribution in [0.1, 0.15) is 36.2 Å². The highest BCUT2D eigenvalue weighted by atomic mass is 19.4. The highest BCUT2D eigenvalue weighted by Crippen LogP contribution is 2.16. The Morgan fingerprint density at radius 2 is 1.85 bits per heavy atom. The first-order chi connectivity index (χ1) is 12.7. The van der Waals surface area contributed by atoms with Crippen molar-refractivity contribution in [2.75, 3.05) is 32.8 Å². The highest BCUT2D eigenvalue weighted by molar-refractivity contribution is 5.94. The Balaban J connectivity index is 1.67. The van der Waals surface area contributed by atoms with Crippen LogP contribution < -0.4 is 5.32 Å². The van der Waals surface area contributed by atoms with Crippen molar-refractivity contribution < 1.29 is 27.4 Å². The van der Waals surface area contributed by atoms with Gasteiger partial charge in [-0.05, 0) is 38.0 Å². The maximum absolute atomic E-state index is 12.1. The van der Waals surface area contributed by atoms with Crippen LogP contribution in [-0.2, 0) is 16.1 Å². The summed E-state index contributed by atoms with van der Waals surface area (Å²) in [6.45, 7) is 5.95. The second-order valence-electron chi connectivity index (χ2n) is 6.93. The van der Waals surface area contributed by atoms with E-state index in [9.17, 15) is 18.0 Å². The Morgan fingerprint density at radius 3 is 2.44 bits per heavy atom. The van der Waals surface area contributed by atoms with Crippen molar-refractivity contribution in [2.45, 2.75) is 45.3 Å². The zero-order valence-corrected chi connectivity index (χ0v) is 15.7. The number of benzene rings is 1. The van der Waals surface area contributed by atoms with Gasteiger partial charge in [-0.15, -0.1) is 0 Å². The standard InChI is InChI=1S/C19H27F3N2O3/c1-14-10-24(11-15(2)27-14)9-3-8-23-18(25)17-6-4-16(5-7-17)12-26-13-19(20,21)22/h4-7,14-15H,3,8-13H2,1-2H3,(H,23,25). The number of carbonyl (C=O) groups is 1. The van der Waals surface area contributed by atoms with Crippen LogP contribution in [-0.4, -0.2) is 62.0 Å². The molecule has 1 heterocycles. The highest BCUT2D eigenvalue weighted by Gasteiger charge is 2.27. The zero-order chi connectivity index (χ0) is 19.9. The van der Waals surface area contributed by atoms with Gasteiger partial charge in [-0.1, -0.05) is 12.1 Å². The van der Waals surface area contributed by atoms with Crippen LogP contribution in [0.4, 0.5) is 13.2 Å². The van der Waals surface area contributed by atoms with Crippen LogP contribution in [0.3, 0.4) is 0 Å². The first kappa shape index (κ1) is 21.7. The molecule has 1 saturated heterocycles. The van der Waals surface area contributed by atoms with Crippen molar-refractivity contribution >= 4 is 5.91 Å². The molecule has 0 saturated carbocycles. The third-order valence-corrected chi connectivity index (χ3v) is 4.18. The zero-order valence-electron chi connectivity index (χ0n) is 15.7. The molecule has 1 fully saturated rings. The van der Waals surface area contributed by atoms with Gasteiger partial charge < -0.3 is 14.8 Å². The number of nitrogens with one attached hydrogen (secondary N) is 1. The normalized spacial score (nSPS) is 21.2. The number of alkyl halides is 3. The number of hydrogen-bond acceptors (Lipinski definition) is 4. The van der Waals surface area contributed by atoms with Gasteiger partial charge in [0.2, 0.25) is 0 Å². The molecule has 1 aromatic carbocycles. The maximum atomic E-state index is 12.1. The summed E-state index contributed by atoms with van der Waals surface area (Å²) in [4.78, 5) is 14.5. The minimum absolute atomic E-state index is 0.141. The Hall–Kier alpha value is -1.64. The quantitative estimate of drug-likeness (QED) is 0.696. The van der Waals surface area contributed by atoms with E-state index in [1.807, 2.05) is 0 Å². The summed E-state index contributed by atoms with van der Waals surface area (Å²) in [6.07, 6.45) is -3.05. The lowest BCUT2D eigenvalue weighted by Crippen LogP contribution is -2.46.